The topological polar surface area (TPSA) is 125 Å². The summed E-state index contributed by atoms with van der Waals surface area (Å²) in [5.41, 5.74) is 0.925. The van der Waals surface area contributed by atoms with Gasteiger partial charge in [-0.2, -0.15) is 0 Å². The van der Waals surface area contributed by atoms with E-state index in [2.05, 4.69) is 15.1 Å². The summed E-state index contributed by atoms with van der Waals surface area (Å²) < 4.78 is 34.1. The minimum absolute atomic E-state index is 0.283. The summed E-state index contributed by atoms with van der Waals surface area (Å²) in [5.74, 6) is 0.479. The van der Waals surface area contributed by atoms with Crippen LogP contribution in [-0.4, -0.2) is 25.9 Å². The van der Waals surface area contributed by atoms with Crippen molar-refractivity contribution in [3.05, 3.63) is 76.7 Å². The van der Waals surface area contributed by atoms with Crippen LogP contribution in [0.2, 0.25) is 5.02 Å². The van der Waals surface area contributed by atoms with E-state index in [0.717, 1.165) is 0 Å². The van der Waals surface area contributed by atoms with Gasteiger partial charge in [0.05, 0.1) is 18.0 Å². The number of hydrogen-bond donors (Lipinski definition) is 2. The maximum Gasteiger partial charge on any atom is 0.262 e. The van der Waals surface area contributed by atoms with Gasteiger partial charge >= 0.3 is 0 Å². The Hall–Kier alpha value is -3.65. The zero-order valence-electron chi connectivity index (χ0n) is 16.7. The van der Waals surface area contributed by atoms with Gasteiger partial charge in [0.15, 0.2) is 28.8 Å². The third-order valence-corrected chi connectivity index (χ3v) is 5.08. The lowest BCUT2D eigenvalue weighted by atomic mass is 10.3. The van der Waals surface area contributed by atoms with E-state index in [9.17, 15) is 13.2 Å². The van der Waals surface area contributed by atoms with Crippen LogP contribution in [0, 0.1) is 13.5 Å². The molecule has 11 heteroatoms. The Bertz CT molecular complexity index is 1320. The monoisotopic (exact) mass is 472 g/mol. The van der Waals surface area contributed by atoms with Gasteiger partial charge in [-0.3, -0.25) is 4.79 Å². The molecule has 164 valence electrons. The lowest BCUT2D eigenvalue weighted by Gasteiger charge is -2.13. The Balaban J connectivity index is 1.69. The predicted molar refractivity (Wildman–Crippen MR) is 119 cm³/mol. The number of rotatable bonds is 7. The number of amides is 1. The third-order valence-electron chi connectivity index (χ3n) is 4.05. The van der Waals surface area contributed by atoms with Gasteiger partial charge in [-0.1, -0.05) is 23.7 Å². The number of ether oxygens (including phenoxy) is 2. The molecule has 1 heterocycles. The number of primary sulfonamides is 1. The molecule has 9 nitrogen and oxygen atoms in total. The van der Waals surface area contributed by atoms with Crippen LogP contribution in [0.25, 0.3) is 4.85 Å². The first-order valence-corrected chi connectivity index (χ1v) is 11.0. The van der Waals surface area contributed by atoms with Gasteiger partial charge in [0, 0.05) is 5.02 Å². The number of para-hydroxylation sites is 2. The third kappa shape index (κ3) is 5.95. The van der Waals surface area contributed by atoms with Gasteiger partial charge in [-0.05, 0) is 49.4 Å². The molecular formula is C21H17ClN4O5S. The van der Waals surface area contributed by atoms with Crippen LogP contribution in [0.3, 0.4) is 0 Å². The molecule has 3 aromatic rings. The molecule has 0 radical (unpaired) electrons. The molecule has 32 heavy (non-hydrogen) atoms. The van der Waals surface area contributed by atoms with Gasteiger partial charge in [0.25, 0.3) is 15.9 Å². The quantitative estimate of drug-likeness (QED) is 0.500. The molecule has 3 rings (SSSR count). The molecule has 0 bridgehead atoms. The fourth-order valence-electron chi connectivity index (χ4n) is 2.61. The molecular weight excluding hydrogens is 456 g/mol. The largest absolute Gasteiger partial charge is 0.480 e. The van der Waals surface area contributed by atoms with Crippen molar-refractivity contribution in [3.63, 3.8) is 0 Å². The highest BCUT2D eigenvalue weighted by Crippen LogP contribution is 2.34. The average Bonchev–Trinajstić information content (AvgIpc) is 2.73. The summed E-state index contributed by atoms with van der Waals surface area (Å²) in [6, 6.07) is 13.9. The summed E-state index contributed by atoms with van der Waals surface area (Å²) in [7, 11) is -3.94. The molecule has 3 N–H and O–H groups in total. The van der Waals surface area contributed by atoms with Gasteiger partial charge in [0.1, 0.15) is 5.75 Å². The van der Waals surface area contributed by atoms with Gasteiger partial charge in [-0.15, -0.1) is 0 Å². The van der Waals surface area contributed by atoms with E-state index in [1.54, 1.807) is 30.3 Å². The van der Waals surface area contributed by atoms with Crippen molar-refractivity contribution in [1.82, 2.24) is 4.98 Å². The van der Waals surface area contributed by atoms with Crippen LogP contribution < -0.4 is 19.9 Å². The highest BCUT2D eigenvalue weighted by Gasteiger charge is 2.14. The molecule has 0 unspecified atom stereocenters. The molecule has 0 fully saturated rings. The van der Waals surface area contributed by atoms with Crippen LogP contribution in [0.4, 0.5) is 11.4 Å². The van der Waals surface area contributed by atoms with Crippen molar-refractivity contribution >= 4 is 38.9 Å². The molecule has 2 aromatic carbocycles. The molecule has 0 spiro atoms. The maximum absolute atomic E-state index is 12.3. The van der Waals surface area contributed by atoms with Gasteiger partial charge in [-0.25, -0.2) is 23.4 Å². The van der Waals surface area contributed by atoms with Gasteiger partial charge < -0.3 is 14.8 Å². The number of carbonyl (C=O) groups is 1. The molecule has 0 saturated carbocycles. The Morgan fingerprint density at radius 2 is 1.91 bits per heavy atom. The van der Waals surface area contributed by atoms with E-state index >= 15 is 0 Å². The smallest absolute Gasteiger partial charge is 0.262 e. The SMILES string of the molecule is [C-]#[N+]c1cc(Cl)cc(Oc2ccccc2OCC(=O)Nc2ccc(S(N)(=O)=O)nc2C)c1. The molecule has 1 amide bonds. The molecule has 0 saturated heterocycles. The Labute approximate surface area is 189 Å². The fourth-order valence-corrected chi connectivity index (χ4v) is 3.35. The molecule has 0 atom stereocenters. The number of anilines is 1. The first-order valence-electron chi connectivity index (χ1n) is 9.04. The standard InChI is InChI=1S/C21H17ClN4O5S/c1-13-17(7-8-21(25-13)32(23,28)29)26-20(27)12-30-18-5-3-4-6-19(18)31-16-10-14(22)9-15(11-16)24-2/h3-11H,12H2,1H3,(H,26,27)(H2,23,28,29). The summed E-state index contributed by atoms with van der Waals surface area (Å²) in [6.45, 7) is 8.31. The van der Waals surface area contributed by atoms with Crippen LogP contribution in [0.5, 0.6) is 17.2 Å². The van der Waals surface area contributed by atoms with Crippen molar-refractivity contribution in [2.75, 3.05) is 11.9 Å². The van der Waals surface area contributed by atoms with E-state index < -0.39 is 15.9 Å². The number of halogens is 1. The highest BCUT2D eigenvalue weighted by molar-refractivity contribution is 7.89. The van der Waals surface area contributed by atoms with Crippen LogP contribution >= 0.6 is 11.6 Å². The summed E-state index contributed by atoms with van der Waals surface area (Å²) >= 11 is 6.01. The van der Waals surface area contributed by atoms with Crippen LogP contribution in [0.15, 0.2) is 59.6 Å². The minimum Gasteiger partial charge on any atom is -0.480 e. The molecule has 0 aliphatic heterocycles. The first kappa shape index (κ1) is 23.0. The van der Waals surface area contributed by atoms with Crippen molar-refractivity contribution in [1.29, 1.82) is 0 Å². The number of aromatic nitrogens is 1. The number of nitrogens with zero attached hydrogens (tertiary/aromatic N) is 2. The molecule has 0 aliphatic rings. The van der Waals surface area contributed by atoms with E-state index in [-0.39, 0.29) is 17.3 Å². The maximum atomic E-state index is 12.3. The average molecular weight is 473 g/mol. The normalized spacial score (nSPS) is 10.8. The van der Waals surface area contributed by atoms with Crippen LogP contribution in [-0.2, 0) is 14.8 Å². The number of pyridine rings is 1. The van der Waals surface area contributed by atoms with Crippen molar-refractivity contribution in [2.24, 2.45) is 5.14 Å². The van der Waals surface area contributed by atoms with Gasteiger partial charge in [0.2, 0.25) is 0 Å². The Kier molecular flexibility index (Phi) is 6.95. The predicted octanol–water partition coefficient (Wildman–Crippen LogP) is 4.05. The van der Waals surface area contributed by atoms with Crippen molar-refractivity contribution in [3.8, 4) is 17.2 Å². The zero-order chi connectivity index (χ0) is 23.3. The number of sulfonamides is 1. The Morgan fingerprint density at radius 3 is 2.56 bits per heavy atom. The first-order chi connectivity index (χ1) is 15.2. The van der Waals surface area contributed by atoms with E-state index in [4.69, 9.17) is 32.8 Å². The van der Waals surface area contributed by atoms with Crippen molar-refractivity contribution < 1.29 is 22.7 Å². The number of benzene rings is 2. The number of hydrogen-bond acceptors (Lipinski definition) is 6. The summed E-state index contributed by atoms with van der Waals surface area (Å²) in [4.78, 5) is 19.5. The van der Waals surface area contributed by atoms with E-state index in [1.165, 1.54) is 31.2 Å². The highest BCUT2D eigenvalue weighted by atomic mass is 35.5. The molecule has 0 aliphatic carbocycles. The second kappa shape index (κ2) is 9.65. The summed E-state index contributed by atoms with van der Waals surface area (Å²) in [6.07, 6.45) is 0. The van der Waals surface area contributed by atoms with E-state index in [1.807, 2.05) is 0 Å². The van der Waals surface area contributed by atoms with E-state index in [0.29, 0.717) is 33.6 Å². The Morgan fingerprint density at radius 1 is 1.19 bits per heavy atom. The summed E-state index contributed by atoms with van der Waals surface area (Å²) in [5, 5.41) is 7.71. The number of carbonyl (C=O) groups excluding carboxylic acids is 1. The number of aryl methyl sites for hydroxylation is 1. The van der Waals surface area contributed by atoms with Crippen molar-refractivity contribution in [2.45, 2.75) is 11.9 Å². The second-order valence-electron chi connectivity index (χ2n) is 6.47. The lowest BCUT2D eigenvalue weighted by Crippen LogP contribution is -2.21. The zero-order valence-corrected chi connectivity index (χ0v) is 18.3. The lowest BCUT2D eigenvalue weighted by molar-refractivity contribution is -0.118. The van der Waals surface area contributed by atoms with Crippen LogP contribution in [0.1, 0.15) is 5.69 Å². The number of nitrogens with one attached hydrogen (secondary N) is 1. The minimum atomic E-state index is -3.94. The number of nitrogens with two attached hydrogens (primary N) is 1. The fraction of sp³-hybridized carbons (Fsp3) is 0.0952. The molecule has 1 aromatic heterocycles. The second-order valence-corrected chi connectivity index (χ2v) is 8.41.